The monoisotopic (exact) mass is 732 g/mol. The highest BCUT2D eigenvalue weighted by Crippen LogP contribution is 2.33. The van der Waals surface area contributed by atoms with Gasteiger partial charge < -0.3 is 19.3 Å². The topological polar surface area (TPSA) is 120 Å². The smallest absolute Gasteiger partial charge is 0.126 e. The minimum Gasteiger partial charge on any atom is -0.496 e. The number of hydrogen-bond acceptors (Lipinski definition) is 8. The summed E-state index contributed by atoms with van der Waals surface area (Å²) in [5, 5.41) is 40.0. The molecule has 0 heterocycles. The second-order valence-electron chi connectivity index (χ2n) is 13.1. The molecule has 0 atom stereocenters. The molecule has 5 aromatic rings. The van der Waals surface area contributed by atoms with Gasteiger partial charge in [0.1, 0.15) is 11.5 Å². The Labute approximate surface area is 329 Å². The van der Waals surface area contributed by atoms with E-state index in [1.807, 2.05) is 135 Å². The molecule has 0 bridgehead atoms. The molecule has 0 N–H and O–H groups in total. The molecule has 0 fully saturated rings. The number of ether oxygens (including phenoxy) is 2. The molecule has 8 heteroatoms. The van der Waals surface area contributed by atoms with E-state index in [0.29, 0.717) is 67.1 Å². The maximum absolute atomic E-state index is 10.0. The predicted octanol–water partition coefficient (Wildman–Crippen LogP) is 10.0. The van der Waals surface area contributed by atoms with Crippen molar-refractivity contribution in [2.45, 2.75) is 0 Å². The Bertz CT molecular complexity index is 2350. The van der Waals surface area contributed by atoms with Gasteiger partial charge in [0.25, 0.3) is 0 Å². The van der Waals surface area contributed by atoms with Crippen molar-refractivity contribution >= 4 is 60.0 Å². The number of hydrogen-bond donors (Lipinski definition) is 0. The predicted molar refractivity (Wildman–Crippen MR) is 229 cm³/mol. The second-order valence-corrected chi connectivity index (χ2v) is 13.1. The molecular weight excluding hydrogens is 693 g/mol. The summed E-state index contributed by atoms with van der Waals surface area (Å²) in [6.07, 6.45) is 14.7. The minimum absolute atomic E-state index is 0.415. The van der Waals surface area contributed by atoms with E-state index in [0.717, 1.165) is 22.5 Å². The van der Waals surface area contributed by atoms with Crippen molar-refractivity contribution in [3.63, 3.8) is 0 Å². The Balaban J connectivity index is 1.41. The summed E-state index contributed by atoms with van der Waals surface area (Å²) in [5.41, 5.74) is 9.65. The Morgan fingerprint density at radius 1 is 0.393 bits per heavy atom. The molecule has 0 aliphatic carbocycles. The summed E-state index contributed by atoms with van der Waals surface area (Å²) < 4.78 is 11.5. The van der Waals surface area contributed by atoms with Crippen LogP contribution >= 0.6 is 0 Å². The van der Waals surface area contributed by atoms with E-state index >= 15 is 0 Å². The quantitative estimate of drug-likeness (QED) is 0.116. The van der Waals surface area contributed by atoms with Gasteiger partial charge in [0.2, 0.25) is 0 Å². The third-order valence-electron chi connectivity index (χ3n) is 9.12. The van der Waals surface area contributed by atoms with Crippen LogP contribution in [0.15, 0.2) is 84.9 Å². The fourth-order valence-electron chi connectivity index (χ4n) is 5.91. The molecule has 0 aromatic heterocycles. The fourth-order valence-corrected chi connectivity index (χ4v) is 5.91. The maximum atomic E-state index is 10.0. The number of methoxy groups -OCH3 is 2. The summed E-state index contributed by atoms with van der Waals surface area (Å²) in [4.78, 5) is 4.05. The number of rotatable bonds is 12. The summed E-state index contributed by atoms with van der Waals surface area (Å²) >= 11 is 0. The standard InChI is InChI=1S/C48H40N6O2/c1-53(2)45-19-9-33(10-20-45)7-13-35-23-43(31-51)37(25-41(35)29-49)15-17-39-27-48(56-6)40(28-47(39)55-5)18-16-38-26-42(30-50)36(24-44(38)32-52)14-8-34-11-21-46(22-12-34)54(3)4/h7-28H,1-6H3/b13-7+,14-8+,17-15+,18-16+. The molecule has 0 radical (unpaired) electrons. The van der Waals surface area contributed by atoms with Gasteiger partial charge in [-0.25, -0.2) is 0 Å². The molecule has 0 saturated heterocycles. The molecule has 8 nitrogen and oxygen atoms in total. The number of nitriles is 4. The first-order chi connectivity index (χ1) is 27.1. The fraction of sp³-hybridized carbons (Fsp3) is 0.125. The largest absolute Gasteiger partial charge is 0.496 e. The van der Waals surface area contributed by atoms with Crippen LogP contribution < -0.4 is 19.3 Å². The van der Waals surface area contributed by atoms with Gasteiger partial charge in [0.05, 0.1) is 60.8 Å². The van der Waals surface area contributed by atoms with E-state index in [1.165, 1.54) is 0 Å². The van der Waals surface area contributed by atoms with E-state index in [4.69, 9.17) is 9.47 Å². The molecule has 56 heavy (non-hydrogen) atoms. The third-order valence-corrected chi connectivity index (χ3v) is 9.12. The molecule has 0 aliphatic heterocycles. The average Bonchev–Trinajstić information content (AvgIpc) is 3.23. The Morgan fingerprint density at radius 2 is 0.661 bits per heavy atom. The third kappa shape index (κ3) is 9.41. The summed E-state index contributed by atoms with van der Waals surface area (Å²) in [5.74, 6) is 1.08. The zero-order valence-electron chi connectivity index (χ0n) is 32.2. The van der Waals surface area contributed by atoms with E-state index in [1.54, 1.807) is 50.6 Å². The molecule has 274 valence electrons. The van der Waals surface area contributed by atoms with Crippen molar-refractivity contribution in [2.75, 3.05) is 52.2 Å². The van der Waals surface area contributed by atoms with Crippen LogP contribution in [0.5, 0.6) is 11.5 Å². The highest BCUT2D eigenvalue weighted by molar-refractivity contribution is 5.83. The van der Waals surface area contributed by atoms with Gasteiger partial charge in [-0.15, -0.1) is 0 Å². The van der Waals surface area contributed by atoms with Crippen LogP contribution in [0.1, 0.15) is 66.8 Å². The zero-order chi connectivity index (χ0) is 40.2. The van der Waals surface area contributed by atoms with Gasteiger partial charge in [-0.2, -0.15) is 21.0 Å². The highest BCUT2D eigenvalue weighted by Gasteiger charge is 2.12. The Kier molecular flexibility index (Phi) is 12.9. The first-order valence-corrected chi connectivity index (χ1v) is 17.6. The number of anilines is 2. The van der Waals surface area contributed by atoms with Gasteiger partial charge >= 0.3 is 0 Å². The lowest BCUT2D eigenvalue weighted by Gasteiger charge is -2.12. The van der Waals surface area contributed by atoms with E-state index < -0.39 is 0 Å². The Hall–Kier alpha value is -7.78. The van der Waals surface area contributed by atoms with Gasteiger partial charge in [0, 0.05) is 50.7 Å². The SMILES string of the molecule is COc1cc(/C=C/c2cc(C#N)c(/C=C/c3ccc(N(C)C)cc3)cc2C#N)c(OC)cc1/C=C/c1cc(C#N)c(/C=C/c2ccc(N(C)C)cc2)cc1C#N. The Morgan fingerprint density at radius 3 is 0.911 bits per heavy atom. The van der Waals surface area contributed by atoms with Crippen molar-refractivity contribution in [3.8, 4) is 35.8 Å². The van der Waals surface area contributed by atoms with E-state index in [9.17, 15) is 21.0 Å². The van der Waals surface area contributed by atoms with Crippen LogP contribution in [-0.2, 0) is 0 Å². The second kappa shape index (κ2) is 18.3. The maximum Gasteiger partial charge on any atom is 0.126 e. The van der Waals surface area contributed by atoms with Crippen molar-refractivity contribution in [2.24, 2.45) is 0 Å². The normalized spacial score (nSPS) is 11.0. The molecule has 0 aliphatic rings. The van der Waals surface area contributed by atoms with Crippen LogP contribution in [0.2, 0.25) is 0 Å². The van der Waals surface area contributed by atoms with Gasteiger partial charge in [0.15, 0.2) is 0 Å². The highest BCUT2D eigenvalue weighted by atomic mass is 16.5. The first kappa shape index (κ1) is 39.4. The van der Waals surface area contributed by atoms with Crippen LogP contribution in [0, 0.1) is 45.3 Å². The number of benzene rings is 5. The molecule has 0 saturated carbocycles. The lowest BCUT2D eigenvalue weighted by atomic mass is 9.97. The molecule has 0 amide bonds. The van der Waals surface area contributed by atoms with Crippen molar-refractivity contribution in [1.29, 1.82) is 21.0 Å². The van der Waals surface area contributed by atoms with Gasteiger partial charge in [-0.1, -0.05) is 72.9 Å². The summed E-state index contributed by atoms with van der Waals surface area (Å²) in [6.45, 7) is 0. The van der Waals surface area contributed by atoms with E-state index in [2.05, 4.69) is 24.3 Å². The minimum atomic E-state index is 0.415. The lowest BCUT2D eigenvalue weighted by Crippen LogP contribution is -2.07. The van der Waals surface area contributed by atoms with Crippen molar-refractivity contribution in [1.82, 2.24) is 0 Å². The lowest BCUT2D eigenvalue weighted by molar-refractivity contribution is 0.401. The van der Waals surface area contributed by atoms with Crippen molar-refractivity contribution < 1.29 is 9.47 Å². The molecule has 5 rings (SSSR count). The summed E-state index contributed by atoms with van der Waals surface area (Å²) in [7, 11) is 11.1. The number of nitrogens with zero attached hydrogens (tertiary/aromatic N) is 6. The van der Waals surface area contributed by atoms with Crippen LogP contribution in [0.3, 0.4) is 0 Å². The molecule has 0 spiro atoms. The molecular formula is C48H40N6O2. The molecule has 5 aromatic carbocycles. The zero-order valence-corrected chi connectivity index (χ0v) is 32.2. The van der Waals surface area contributed by atoms with Crippen molar-refractivity contribution in [3.05, 3.63) is 152 Å². The van der Waals surface area contributed by atoms with E-state index in [-0.39, 0.29) is 0 Å². The molecule has 0 unspecified atom stereocenters. The van der Waals surface area contributed by atoms with Crippen LogP contribution in [0.25, 0.3) is 48.6 Å². The first-order valence-electron chi connectivity index (χ1n) is 17.6. The summed E-state index contributed by atoms with van der Waals surface area (Å²) in [6, 6.07) is 35.6. The van der Waals surface area contributed by atoms with Gasteiger partial charge in [-0.3, -0.25) is 0 Å². The van der Waals surface area contributed by atoms with Crippen LogP contribution in [-0.4, -0.2) is 42.4 Å². The van der Waals surface area contributed by atoms with Gasteiger partial charge in [-0.05, 0) is 94.0 Å². The van der Waals surface area contributed by atoms with Crippen LogP contribution in [0.4, 0.5) is 11.4 Å². The average molecular weight is 733 g/mol.